The highest BCUT2D eigenvalue weighted by Gasteiger charge is 2.33. The van der Waals surface area contributed by atoms with Gasteiger partial charge in [0.05, 0.1) is 13.2 Å². The summed E-state index contributed by atoms with van der Waals surface area (Å²) in [5, 5.41) is 0. The van der Waals surface area contributed by atoms with E-state index in [0.29, 0.717) is 6.04 Å². The number of aldehydes is 1. The van der Waals surface area contributed by atoms with E-state index in [1.54, 1.807) is 11.1 Å². The lowest BCUT2D eigenvalue weighted by molar-refractivity contribution is -0.156. The molecule has 3 aliphatic rings. The van der Waals surface area contributed by atoms with E-state index in [0.717, 1.165) is 70.1 Å². The van der Waals surface area contributed by atoms with Gasteiger partial charge in [-0.25, -0.2) is 8.78 Å². The second-order valence-corrected chi connectivity index (χ2v) is 7.57. The summed E-state index contributed by atoms with van der Waals surface area (Å²) in [5.74, 6) is -0.821. The van der Waals surface area contributed by atoms with Crippen molar-refractivity contribution in [3.63, 3.8) is 0 Å². The van der Waals surface area contributed by atoms with Crippen molar-refractivity contribution in [2.24, 2.45) is 5.73 Å². The highest BCUT2D eigenvalue weighted by atomic mass is 19.4. The summed E-state index contributed by atoms with van der Waals surface area (Å²) in [6.07, 6.45) is -4.61. The van der Waals surface area contributed by atoms with Gasteiger partial charge in [-0.1, -0.05) is 0 Å². The van der Waals surface area contributed by atoms with E-state index in [1.165, 1.54) is 0 Å². The number of ether oxygens (including phenoxy) is 1. The lowest BCUT2D eigenvalue weighted by Gasteiger charge is -2.34. The molecule has 0 radical (unpaired) electrons. The SMILES string of the molecule is CN1CC2=C(C1)CN(C1COCC(N)C1)C2.Fc1ccc(F)cc1.O=CC(F)(F)F. The summed E-state index contributed by atoms with van der Waals surface area (Å²) >= 11 is 0. The molecule has 10 heteroatoms. The summed E-state index contributed by atoms with van der Waals surface area (Å²) in [6.45, 7) is 6.20. The third-order valence-electron chi connectivity index (χ3n) is 4.88. The maximum absolute atomic E-state index is 11.9. The van der Waals surface area contributed by atoms with E-state index in [9.17, 15) is 22.0 Å². The molecule has 5 nitrogen and oxygen atoms in total. The number of benzene rings is 1. The fraction of sp³-hybridized carbons (Fsp3) is 0.550. The number of halogens is 5. The molecule has 0 aliphatic carbocycles. The van der Waals surface area contributed by atoms with E-state index >= 15 is 0 Å². The lowest BCUT2D eigenvalue weighted by atomic mass is 10.1. The molecule has 3 heterocycles. The van der Waals surface area contributed by atoms with Crippen molar-refractivity contribution in [1.29, 1.82) is 0 Å². The van der Waals surface area contributed by atoms with Crippen LogP contribution in [0, 0.1) is 11.6 Å². The Balaban J connectivity index is 0.000000192. The van der Waals surface area contributed by atoms with E-state index in [4.69, 9.17) is 15.3 Å². The van der Waals surface area contributed by atoms with Crippen LogP contribution in [0.2, 0.25) is 0 Å². The summed E-state index contributed by atoms with van der Waals surface area (Å²) < 4.78 is 60.6. The molecule has 1 saturated heterocycles. The van der Waals surface area contributed by atoms with Crippen LogP contribution >= 0.6 is 0 Å². The van der Waals surface area contributed by atoms with Crippen LogP contribution in [-0.2, 0) is 9.53 Å². The topological polar surface area (TPSA) is 58.8 Å². The van der Waals surface area contributed by atoms with Crippen LogP contribution in [0.15, 0.2) is 35.4 Å². The van der Waals surface area contributed by atoms with Gasteiger partial charge in [-0.15, -0.1) is 0 Å². The lowest BCUT2D eigenvalue weighted by Crippen LogP contribution is -2.48. The standard InChI is InChI=1S/C12H21N3O.C6H4F2.C2HF3O/c1-14-3-9-5-15(6-10(9)4-14)12-2-11(13)7-16-8-12;7-5-1-2-6(8)4-3-5;3-2(4,5)1-6/h11-12H,2-8,13H2,1H3;1-4H;1H. The molecule has 0 amide bonds. The number of carbonyl (C=O) groups is 1. The second-order valence-electron chi connectivity index (χ2n) is 7.57. The van der Waals surface area contributed by atoms with E-state index in [1.807, 2.05) is 0 Å². The van der Waals surface area contributed by atoms with Crippen molar-refractivity contribution >= 4 is 6.29 Å². The van der Waals surface area contributed by atoms with E-state index in [-0.39, 0.29) is 6.04 Å². The first kappa shape index (κ1) is 24.4. The third kappa shape index (κ3) is 8.10. The molecule has 2 unspecified atom stereocenters. The number of nitrogens with two attached hydrogens (primary N) is 1. The number of rotatable bonds is 1. The van der Waals surface area contributed by atoms with Crippen molar-refractivity contribution in [3.05, 3.63) is 47.0 Å². The Bertz CT molecular complexity index is 685. The second kappa shape index (κ2) is 10.9. The molecule has 168 valence electrons. The summed E-state index contributed by atoms with van der Waals surface area (Å²) in [4.78, 5) is 13.6. The fourth-order valence-electron chi connectivity index (χ4n) is 3.58. The molecule has 1 aromatic rings. The zero-order valence-corrected chi connectivity index (χ0v) is 16.7. The molecule has 0 aromatic heterocycles. The fourth-order valence-corrected chi connectivity index (χ4v) is 3.58. The molecule has 3 aliphatic heterocycles. The molecule has 1 aromatic carbocycles. The number of likely N-dealkylation sites (N-methyl/N-ethyl adjacent to an activating group) is 1. The Morgan fingerprint density at radius 2 is 1.47 bits per heavy atom. The van der Waals surface area contributed by atoms with E-state index in [2.05, 4.69) is 16.8 Å². The highest BCUT2D eigenvalue weighted by molar-refractivity contribution is 5.56. The quantitative estimate of drug-likeness (QED) is 0.417. The van der Waals surface area contributed by atoms with Crippen LogP contribution in [0.1, 0.15) is 6.42 Å². The highest BCUT2D eigenvalue weighted by Crippen LogP contribution is 2.27. The minimum Gasteiger partial charge on any atom is -0.378 e. The Morgan fingerprint density at radius 1 is 1.00 bits per heavy atom. The van der Waals surface area contributed by atoms with E-state index < -0.39 is 24.1 Å². The average Bonchev–Trinajstić information content (AvgIpc) is 3.22. The van der Waals surface area contributed by atoms with Gasteiger partial charge in [-0.3, -0.25) is 14.6 Å². The monoisotopic (exact) mass is 435 g/mol. The zero-order valence-electron chi connectivity index (χ0n) is 16.7. The third-order valence-corrected chi connectivity index (χ3v) is 4.88. The molecule has 0 saturated carbocycles. The Kier molecular flexibility index (Phi) is 8.90. The van der Waals surface area contributed by atoms with Gasteiger partial charge in [0.1, 0.15) is 11.6 Å². The van der Waals surface area contributed by atoms with Crippen LogP contribution in [0.5, 0.6) is 0 Å². The summed E-state index contributed by atoms with van der Waals surface area (Å²) in [6, 6.07) is 5.09. The van der Waals surface area contributed by atoms with Crippen molar-refractivity contribution < 1.29 is 31.5 Å². The summed E-state index contributed by atoms with van der Waals surface area (Å²) in [7, 11) is 2.20. The first-order valence-corrected chi connectivity index (χ1v) is 9.47. The van der Waals surface area contributed by atoms with Gasteiger partial charge in [0.2, 0.25) is 6.29 Å². The average molecular weight is 435 g/mol. The first-order chi connectivity index (χ1) is 14.1. The Hall–Kier alpha value is -1.88. The Morgan fingerprint density at radius 3 is 1.87 bits per heavy atom. The van der Waals surface area contributed by atoms with Gasteiger partial charge in [0, 0.05) is 38.3 Å². The first-order valence-electron chi connectivity index (χ1n) is 9.47. The molecule has 2 atom stereocenters. The van der Waals surface area contributed by atoms with Gasteiger partial charge < -0.3 is 10.5 Å². The maximum atomic E-state index is 11.9. The molecule has 2 N–H and O–H groups in total. The predicted molar refractivity (Wildman–Crippen MR) is 102 cm³/mol. The normalized spacial score (nSPS) is 24.5. The molecular weight excluding hydrogens is 409 g/mol. The van der Waals surface area contributed by atoms with Gasteiger partial charge in [-0.05, 0) is 48.9 Å². The van der Waals surface area contributed by atoms with Gasteiger partial charge in [-0.2, -0.15) is 13.2 Å². The predicted octanol–water partition coefficient (Wildman–Crippen LogP) is 2.37. The van der Waals surface area contributed by atoms with Crippen molar-refractivity contribution in [3.8, 4) is 0 Å². The smallest absolute Gasteiger partial charge is 0.378 e. The molecular formula is C20H26F5N3O2. The minimum absolute atomic E-state index is 0.233. The number of carbonyl (C=O) groups excluding carboxylic acids is 1. The number of alkyl halides is 3. The molecule has 0 spiro atoms. The van der Waals surface area contributed by atoms with Gasteiger partial charge in [0.15, 0.2) is 0 Å². The summed E-state index contributed by atoms with van der Waals surface area (Å²) in [5.41, 5.74) is 9.24. The van der Waals surface area contributed by atoms with Crippen LogP contribution in [0.4, 0.5) is 22.0 Å². The molecule has 30 heavy (non-hydrogen) atoms. The minimum atomic E-state index is -4.64. The Labute approximate surface area is 172 Å². The van der Waals surface area contributed by atoms with Crippen LogP contribution in [0.25, 0.3) is 0 Å². The molecule has 4 rings (SSSR count). The largest absolute Gasteiger partial charge is 0.446 e. The number of hydrogen-bond acceptors (Lipinski definition) is 5. The van der Waals surface area contributed by atoms with Crippen LogP contribution in [0.3, 0.4) is 0 Å². The molecule has 1 fully saturated rings. The van der Waals surface area contributed by atoms with Crippen molar-refractivity contribution in [1.82, 2.24) is 9.80 Å². The zero-order chi connectivity index (χ0) is 22.3. The number of nitrogens with zero attached hydrogens (tertiary/aromatic N) is 2. The molecule has 0 bridgehead atoms. The number of hydrogen-bond donors (Lipinski definition) is 1. The van der Waals surface area contributed by atoms with Gasteiger partial charge >= 0.3 is 6.18 Å². The van der Waals surface area contributed by atoms with Crippen LogP contribution in [-0.4, -0.2) is 80.8 Å². The maximum Gasteiger partial charge on any atom is 0.446 e. The van der Waals surface area contributed by atoms with Crippen molar-refractivity contribution in [2.75, 3.05) is 46.4 Å². The van der Waals surface area contributed by atoms with Crippen LogP contribution < -0.4 is 5.73 Å². The van der Waals surface area contributed by atoms with Gasteiger partial charge in [0.25, 0.3) is 0 Å². The van der Waals surface area contributed by atoms with Crippen molar-refractivity contribution in [2.45, 2.75) is 24.7 Å².